The van der Waals surface area contributed by atoms with Crippen LogP contribution >= 0.6 is 0 Å². The second-order valence-corrected chi connectivity index (χ2v) is 8.66. The Morgan fingerprint density at radius 2 is 1.38 bits per heavy atom. The topological polar surface area (TPSA) is 59.1 Å². The van der Waals surface area contributed by atoms with Crippen LogP contribution in [0.1, 0.15) is 55.7 Å². The molecule has 1 aliphatic carbocycles. The van der Waals surface area contributed by atoms with E-state index in [1.165, 1.54) is 12.8 Å². The van der Waals surface area contributed by atoms with Crippen molar-refractivity contribution in [3.05, 3.63) is 59.7 Å². The number of methoxy groups -OCH3 is 2. The zero-order valence-electron chi connectivity index (χ0n) is 19.0. The lowest BCUT2D eigenvalue weighted by atomic mass is 9.97. The molecule has 0 spiro atoms. The van der Waals surface area contributed by atoms with Gasteiger partial charge in [0.15, 0.2) is 0 Å². The summed E-state index contributed by atoms with van der Waals surface area (Å²) in [6.45, 7) is 0.538. The van der Waals surface area contributed by atoms with Gasteiger partial charge in [0.1, 0.15) is 24.1 Å². The van der Waals surface area contributed by atoms with Gasteiger partial charge >= 0.3 is 0 Å². The molecule has 4 rings (SSSR count). The minimum atomic E-state index is -0.632. The average Bonchev–Trinajstić information content (AvgIpc) is 3.11. The summed E-state index contributed by atoms with van der Waals surface area (Å²) < 4.78 is 10.5. The van der Waals surface area contributed by atoms with Gasteiger partial charge in [0.05, 0.1) is 14.2 Å². The highest BCUT2D eigenvalue weighted by atomic mass is 16.5. The Bertz CT molecular complexity index is 918. The summed E-state index contributed by atoms with van der Waals surface area (Å²) in [7, 11) is 3.25. The molecule has 0 N–H and O–H groups in total. The lowest BCUT2D eigenvalue weighted by Gasteiger charge is -2.43. The van der Waals surface area contributed by atoms with Crippen LogP contribution in [0.3, 0.4) is 0 Å². The molecule has 32 heavy (non-hydrogen) atoms. The summed E-state index contributed by atoms with van der Waals surface area (Å²) in [5, 5.41) is 0. The normalized spacial score (nSPS) is 20.2. The van der Waals surface area contributed by atoms with E-state index < -0.39 is 6.04 Å². The third-order valence-corrected chi connectivity index (χ3v) is 6.66. The maximum Gasteiger partial charge on any atom is 0.250 e. The predicted molar refractivity (Wildman–Crippen MR) is 122 cm³/mol. The van der Waals surface area contributed by atoms with Crippen molar-refractivity contribution < 1.29 is 19.1 Å². The van der Waals surface area contributed by atoms with Gasteiger partial charge in [-0.25, -0.2) is 0 Å². The second kappa shape index (κ2) is 10.1. The van der Waals surface area contributed by atoms with Crippen molar-refractivity contribution in [3.63, 3.8) is 0 Å². The van der Waals surface area contributed by atoms with E-state index in [2.05, 4.69) is 0 Å². The zero-order valence-corrected chi connectivity index (χ0v) is 19.0. The fourth-order valence-electron chi connectivity index (χ4n) is 4.84. The fraction of sp³-hybridized carbons (Fsp3) is 0.462. The number of hydrogen-bond donors (Lipinski definition) is 0. The molecule has 1 aliphatic heterocycles. The first-order chi connectivity index (χ1) is 15.6. The molecule has 170 valence electrons. The van der Waals surface area contributed by atoms with Gasteiger partial charge in [-0.2, -0.15) is 0 Å². The largest absolute Gasteiger partial charge is 0.497 e. The van der Waals surface area contributed by atoms with E-state index in [1.807, 2.05) is 53.4 Å². The number of benzene rings is 2. The molecule has 0 unspecified atom stereocenters. The molecule has 2 aliphatic rings. The lowest BCUT2D eigenvalue weighted by Crippen LogP contribution is -2.57. The first-order valence-electron chi connectivity index (χ1n) is 11.5. The zero-order chi connectivity index (χ0) is 22.5. The standard InChI is InChI=1S/C26H32N2O4/c1-31-22-13-9-19(10-14-22)17-28-24(29)18-27(21-7-5-3-4-6-8-21)26(30)25(28)20-11-15-23(32-2)16-12-20/h9-16,21,25H,3-8,17-18H2,1-2H3/t25-/m0/s1. The summed E-state index contributed by atoms with van der Waals surface area (Å²) in [6, 6.07) is 14.7. The predicted octanol–water partition coefficient (Wildman–Crippen LogP) is 4.34. The Labute approximate surface area is 190 Å². The Morgan fingerprint density at radius 1 is 0.812 bits per heavy atom. The minimum Gasteiger partial charge on any atom is -0.497 e. The molecule has 1 heterocycles. The van der Waals surface area contributed by atoms with Crippen molar-refractivity contribution in [2.45, 2.75) is 57.2 Å². The summed E-state index contributed by atoms with van der Waals surface area (Å²) >= 11 is 0. The van der Waals surface area contributed by atoms with Crippen LogP contribution in [-0.2, 0) is 16.1 Å². The number of carbonyl (C=O) groups excluding carboxylic acids is 2. The van der Waals surface area contributed by atoms with Gasteiger partial charge in [0.25, 0.3) is 5.91 Å². The average molecular weight is 437 g/mol. The van der Waals surface area contributed by atoms with Crippen LogP contribution in [0.4, 0.5) is 0 Å². The summed E-state index contributed by atoms with van der Waals surface area (Å²) in [6.07, 6.45) is 6.60. The number of ether oxygens (including phenoxy) is 2. The molecule has 2 fully saturated rings. The summed E-state index contributed by atoms with van der Waals surface area (Å²) in [4.78, 5) is 30.8. The quantitative estimate of drug-likeness (QED) is 0.632. The van der Waals surface area contributed by atoms with Crippen LogP contribution in [0, 0.1) is 0 Å². The van der Waals surface area contributed by atoms with E-state index >= 15 is 0 Å². The van der Waals surface area contributed by atoms with E-state index in [0.29, 0.717) is 6.54 Å². The van der Waals surface area contributed by atoms with Crippen molar-refractivity contribution in [2.24, 2.45) is 0 Å². The number of hydrogen-bond acceptors (Lipinski definition) is 4. The van der Waals surface area contributed by atoms with Gasteiger partial charge in [-0.1, -0.05) is 49.9 Å². The van der Waals surface area contributed by atoms with Crippen LogP contribution < -0.4 is 9.47 Å². The first kappa shape index (κ1) is 22.2. The van der Waals surface area contributed by atoms with E-state index in [0.717, 1.165) is 48.3 Å². The number of carbonyl (C=O) groups is 2. The Kier molecular flexibility index (Phi) is 6.98. The third kappa shape index (κ3) is 4.74. The Hall–Kier alpha value is -3.02. The van der Waals surface area contributed by atoms with E-state index in [4.69, 9.17) is 9.47 Å². The molecule has 0 bridgehead atoms. The van der Waals surface area contributed by atoms with E-state index in [-0.39, 0.29) is 24.4 Å². The molecule has 1 saturated heterocycles. The molecule has 6 nitrogen and oxygen atoms in total. The molecule has 6 heteroatoms. The van der Waals surface area contributed by atoms with Gasteiger partial charge < -0.3 is 19.3 Å². The smallest absolute Gasteiger partial charge is 0.250 e. The molecular formula is C26H32N2O4. The number of amides is 2. The molecular weight excluding hydrogens is 404 g/mol. The van der Waals surface area contributed by atoms with E-state index in [1.54, 1.807) is 19.1 Å². The van der Waals surface area contributed by atoms with Crippen molar-refractivity contribution in [3.8, 4) is 11.5 Å². The molecule has 2 aromatic carbocycles. The minimum absolute atomic E-state index is 0.00881. The maximum atomic E-state index is 13.8. The van der Waals surface area contributed by atoms with Crippen molar-refractivity contribution >= 4 is 11.8 Å². The van der Waals surface area contributed by atoms with Gasteiger partial charge in [-0.15, -0.1) is 0 Å². The highest BCUT2D eigenvalue weighted by molar-refractivity contribution is 5.95. The SMILES string of the molecule is COc1ccc(CN2C(=O)CN(C3CCCCCC3)C(=O)[C@@H]2c2ccc(OC)cc2)cc1. The summed E-state index contributed by atoms with van der Waals surface area (Å²) in [5.74, 6) is 1.51. The first-order valence-corrected chi connectivity index (χ1v) is 11.5. The van der Waals surface area contributed by atoms with Crippen LogP contribution in [0.15, 0.2) is 48.5 Å². The van der Waals surface area contributed by atoms with Gasteiger partial charge in [0.2, 0.25) is 5.91 Å². The van der Waals surface area contributed by atoms with Gasteiger partial charge in [0, 0.05) is 12.6 Å². The highest BCUT2D eigenvalue weighted by Gasteiger charge is 2.42. The van der Waals surface area contributed by atoms with Gasteiger partial charge in [-0.05, 0) is 48.2 Å². The number of piperazine rings is 1. The van der Waals surface area contributed by atoms with Gasteiger partial charge in [-0.3, -0.25) is 9.59 Å². The highest BCUT2D eigenvalue weighted by Crippen LogP contribution is 2.34. The van der Waals surface area contributed by atoms with Crippen molar-refractivity contribution in [1.82, 2.24) is 9.80 Å². The molecule has 0 aromatic heterocycles. The lowest BCUT2D eigenvalue weighted by molar-refractivity contribution is -0.159. The second-order valence-electron chi connectivity index (χ2n) is 8.66. The number of rotatable bonds is 6. The summed E-state index contributed by atoms with van der Waals surface area (Å²) in [5.41, 5.74) is 1.78. The molecule has 0 radical (unpaired) electrons. The van der Waals surface area contributed by atoms with Crippen LogP contribution in [0.2, 0.25) is 0 Å². The van der Waals surface area contributed by atoms with Crippen LogP contribution in [0.5, 0.6) is 11.5 Å². The van der Waals surface area contributed by atoms with Crippen LogP contribution in [0.25, 0.3) is 0 Å². The van der Waals surface area contributed by atoms with E-state index in [9.17, 15) is 9.59 Å². The number of nitrogens with zero attached hydrogens (tertiary/aromatic N) is 2. The monoisotopic (exact) mass is 436 g/mol. The van der Waals surface area contributed by atoms with Crippen molar-refractivity contribution in [1.29, 1.82) is 0 Å². The fourth-order valence-corrected chi connectivity index (χ4v) is 4.84. The Morgan fingerprint density at radius 3 is 1.94 bits per heavy atom. The molecule has 1 saturated carbocycles. The Balaban J connectivity index is 1.65. The molecule has 2 amide bonds. The maximum absolute atomic E-state index is 13.8. The van der Waals surface area contributed by atoms with Crippen LogP contribution in [-0.4, -0.2) is 48.4 Å². The molecule has 2 aromatic rings. The molecule has 1 atom stereocenters. The third-order valence-electron chi connectivity index (χ3n) is 6.66. The van der Waals surface area contributed by atoms with Crippen molar-refractivity contribution in [2.75, 3.05) is 20.8 Å².